The average molecular weight is 113 g/mol. The van der Waals surface area contributed by atoms with Crippen LogP contribution in [0, 0.1) is 11.3 Å². The summed E-state index contributed by atoms with van der Waals surface area (Å²) in [5.41, 5.74) is 0.812. The van der Waals surface area contributed by atoms with E-state index < -0.39 is 0 Å². The highest BCUT2D eigenvalue weighted by Crippen LogP contribution is 2.04. The van der Waals surface area contributed by atoms with Crippen molar-refractivity contribution in [1.29, 1.82) is 5.41 Å². The predicted octanol–water partition coefficient (Wildman–Crippen LogP) is 2.46. The summed E-state index contributed by atoms with van der Waals surface area (Å²) in [7, 11) is 0. The minimum absolute atomic E-state index is 0.500. The molecule has 1 unspecified atom stereocenters. The van der Waals surface area contributed by atoms with E-state index in [4.69, 9.17) is 5.41 Å². The van der Waals surface area contributed by atoms with Gasteiger partial charge in [0.05, 0.1) is 0 Å². The molecule has 0 radical (unpaired) electrons. The first-order valence-electron chi connectivity index (χ1n) is 3.23. The summed E-state index contributed by atoms with van der Waals surface area (Å²) in [5, 5.41) is 7.20. The SMILES string of the molecule is CCCC(C)C(C)=N. The van der Waals surface area contributed by atoms with Gasteiger partial charge >= 0.3 is 0 Å². The average Bonchev–Trinajstić information content (AvgIpc) is 1.67. The summed E-state index contributed by atoms with van der Waals surface area (Å²) in [6, 6.07) is 0. The maximum Gasteiger partial charge on any atom is 0.00863 e. The summed E-state index contributed by atoms with van der Waals surface area (Å²) < 4.78 is 0. The standard InChI is InChI=1S/C7H15N/c1-4-5-6(2)7(3)8/h6,8H,4-5H2,1-3H3. The van der Waals surface area contributed by atoms with Crippen molar-refractivity contribution in [2.45, 2.75) is 33.6 Å². The summed E-state index contributed by atoms with van der Waals surface area (Å²) in [4.78, 5) is 0. The van der Waals surface area contributed by atoms with E-state index >= 15 is 0 Å². The maximum absolute atomic E-state index is 7.20. The Balaban J connectivity index is 3.32. The molecule has 8 heavy (non-hydrogen) atoms. The molecule has 0 saturated carbocycles. The van der Waals surface area contributed by atoms with Gasteiger partial charge in [-0.1, -0.05) is 20.3 Å². The van der Waals surface area contributed by atoms with Crippen molar-refractivity contribution in [3.63, 3.8) is 0 Å². The fourth-order valence-electron chi connectivity index (χ4n) is 0.650. The van der Waals surface area contributed by atoms with E-state index in [1.807, 2.05) is 6.92 Å². The quantitative estimate of drug-likeness (QED) is 0.544. The summed E-state index contributed by atoms with van der Waals surface area (Å²) in [6.45, 7) is 6.13. The zero-order chi connectivity index (χ0) is 6.57. The highest BCUT2D eigenvalue weighted by atomic mass is 14.4. The fourth-order valence-corrected chi connectivity index (χ4v) is 0.650. The lowest BCUT2D eigenvalue weighted by Gasteiger charge is -2.05. The highest BCUT2D eigenvalue weighted by molar-refractivity contribution is 5.80. The van der Waals surface area contributed by atoms with Gasteiger partial charge in [0, 0.05) is 5.71 Å². The van der Waals surface area contributed by atoms with Crippen LogP contribution in [0.15, 0.2) is 0 Å². The number of hydrogen-bond acceptors (Lipinski definition) is 1. The van der Waals surface area contributed by atoms with Crippen LogP contribution in [0.1, 0.15) is 33.6 Å². The molecule has 0 aromatic rings. The molecular weight excluding hydrogens is 98.1 g/mol. The van der Waals surface area contributed by atoms with E-state index in [-0.39, 0.29) is 0 Å². The maximum atomic E-state index is 7.20. The normalized spacial score (nSPS) is 13.4. The molecule has 1 atom stereocenters. The molecule has 0 fully saturated rings. The van der Waals surface area contributed by atoms with E-state index in [1.165, 1.54) is 6.42 Å². The van der Waals surface area contributed by atoms with Crippen LogP contribution in [0.25, 0.3) is 0 Å². The van der Waals surface area contributed by atoms with Gasteiger partial charge in [0.1, 0.15) is 0 Å². The van der Waals surface area contributed by atoms with Gasteiger partial charge in [-0.15, -0.1) is 0 Å². The molecule has 1 nitrogen and oxygen atoms in total. The van der Waals surface area contributed by atoms with Crippen LogP contribution in [0.2, 0.25) is 0 Å². The molecule has 0 aliphatic rings. The summed E-state index contributed by atoms with van der Waals surface area (Å²) in [6.07, 6.45) is 2.35. The van der Waals surface area contributed by atoms with Gasteiger partial charge in [0.2, 0.25) is 0 Å². The molecule has 0 saturated heterocycles. The van der Waals surface area contributed by atoms with Crippen LogP contribution in [-0.2, 0) is 0 Å². The Kier molecular flexibility index (Phi) is 3.49. The second-order valence-corrected chi connectivity index (χ2v) is 2.37. The predicted molar refractivity (Wildman–Crippen MR) is 37.5 cm³/mol. The van der Waals surface area contributed by atoms with Crippen molar-refractivity contribution >= 4 is 5.71 Å². The third-order valence-corrected chi connectivity index (χ3v) is 1.46. The van der Waals surface area contributed by atoms with Crippen molar-refractivity contribution in [2.75, 3.05) is 0 Å². The molecule has 0 spiro atoms. The second-order valence-electron chi connectivity index (χ2n) is 2.37. The third-order valence-electron chi connectivity index (χ3n) is 1.46. The van der Waals surface area contributed by atoms with Gasteiger partial charge in [-0.3, -0.25) is 0 Å². The van der Waals surface area contributed by atoms with Gasteiger partial charge in [-0.2, -0.15) is 0 Å². The molecule has 0 aliphatic carbocycles. The van der Waals surface area contributed by atoms with Gasteiger partial charge < -0.3 is 5.41 Å². The van der Waals surface area contributed by atoms with E-state index in [0.29, 0.717) is 5.92 Å². The summed E-state index contributed by atoms with van der Waals surface area (Å²) >= 11 is 0. The van der Waals surface area contributed by atoms with Crippen molar-refractivity contribution < 1.29 is 0 Å². The summed E-state index contributed by atoms with van der Waals surface area (Å²) in [5.74, 6) is 0.500. The molecule has 0 heterocycles. The number of hydrogen-bond donors (Lipinski definition) is 1. The Labute approximate surface area is 51.6 Å². The Bertz CT molecular complexity index is 76.5. The van der Waals surface area contributed by atoms with E-state index in [2.05, 4.69) is 13.8 Å². The molecule has 0 bridgehead atoms. The van der Waals surface area contributed by atoms with Crippen molar-refractivity contribution in [3.8, 4) is 0 Å². The van der Waals surface area contributed by atoms with E-state index in [0.717, 1.165) is 12.1 Å². The Hall–Kier alpha value is -0.330. The smallest absolute Gasteiger partial charge is 0.00863 e. The Morgan fingerprint density at radius 1 is 1.62 bits per heavy atom. The van der Waals surface area contributed by atoms with Crippen molar-refractivity contribution in [2.24, 2.45) is 5.92 Å². The van der Waals surface area contributed by atoms with Crippen LogP contribution in [0.3, 0.4) is 0 Å². The van der Waals surface area contributed by atoms with E-state index in [9.17, 15) is 0 Å². The number of nitrogens with one attached hydrogen (secondary N) is 1. The van der Waals surface area contributed by atoms with Gasteiger partial charge in [0.25, 0.3) is 0 Å². The van der Waals surface area contributed by atoms with Crippen LogP contribution < -0.4 is 0 Å². The van der Waals surface area contributed by atoms with Gasteiger partial charge in [-0.05, 0) is 19.3 Å². The lowest BCUT2D eigenvalue weighted by Crippen LogP contribution is -2.03. The van der Waals surface area contributed by atoms with Crippen LogP contribution in [-0.4, -0.2) is 5.71 Å². The van der Waals surface area contributed by atoms with E-state index in [1.54, 1.807) is 0 Å². The molecule has 0 rings (SSSR count). The molecular formula is C7H15N. The zero-order valence-corrected chi connectivity index (χ0v) is 5.99. The fraction of sp³-hybridized carbons (Fsp3) is 0.857. The third kappa shape index (κ3) is 2.78. The van der Waals surface area contributed by atoms with Gasteiger partial charge in [0.15, 0.2) is 0 Å². The molecule has 0 aromatic carbocycles. The van der Waals surface area contributed by atoms with Crippen LogP contribution in [0.4, 0.5) is 0 Å². The van der Waals surface area contributed by atoms with Crippen molar-refractivity contribution in [1.82, 2.24) is 0 Å². The minimum atomic E-state index is 0.500. The van der Waals surface area contributed by atoms with Crippen molar-refractivity contribution in [3.05, 3.63) is 0 Å². The Morgan fingerprint density at radius 3 is 2.25 bits per heavy atom. The zero-order valence-electron chi connectivity index (χ0n) is 5.99. The first-order valence-corrected chi connectivity index (χ1v) is 3.23. The lowest BCUT2D eigenvalue weighted by atomic mass is 10.0. The monoisotopic (exact) mass is 113 g/mol. The first-order chi connectivity index (χ1) is 3.68. The second kappa shape index (κ2) is 3.65. The number of rotatable bonds is 3. The molecule has 0 aromatic heterocycles. The van der Waals surface area contributed by atoms with Crippen LogP contribution in [0.5, 0.6) is 0 Å². The minimum Gasteiger partial charge on any atom is -0.310 e. The van der Waals surface area contributed by atoms with Crippen LogP contribution >= 0.6 is 0 Å². The molecule has 1 N–H and O–H groups in total. The topological polar surface area (TPSA) is 23.9 Å². The lowest BCUT2D eigenvalue weighted by molar-refractivity contribution is 0.661. The molecule has 1 heteroatoms. The molecule has 0 aliphatic heterocycles. The van der Waals surface area contributed by atoms with Gasteiger partial charge in [-0.25, -0.2) is 0 Å². The molecule has 48 valence electrons. The Morgan fingerprint density at radius 2 is 2.12 bits per heavy atom. The highest BCUT2D eigenvalue weighted by Gasteiger charge is 1.99. The molecule has 0 amide bonds. The first kappa shape index (κ1) is 7.67. The largest absolute Gasteiger partial charge is 0.310 e.